The van der Waals surface area contributed by atoms with Gasteiger partial charge in [-0.05, 0) is 62.6 Å². The fraction of sp³-hybridized carbons (Fsp3) is 0.242. The van der Waals surface area contributed by atoms with Crippen molar-refractivity contribution < 1.29 is 19.1 Å². The number of ether oxygens (including phenoxy) is 1. The van der Waals surface area contributed by atoms with Crippen LogP contribution in [0, 0.1) is 31.7 Å². The van der Waals surface area contributed by atoms with E-state index in [1.165, 1.54) is 0 Å². The van der Waals surface area contributed by atoms with Gasteiger partial charge in [0.2, 0.25) is 0 Å². The number of amides is 3. The third kappa shape index (κ3) is 8.38. The van der Waals surface area contributed by atoms with E-state index in [2.05, 4.69) is 22.6 Å². The molecule has 210 valence electrons. The van der Waals surface area contributed by atoms with E-state index >= 15 is 0 Å². The zero-order valence-corrected chi connectivity index (χ0v) is 24.2. The number of nitrogens with one attached hydrogen (secondary N) is 2. The largest absolute Gasteiger partial charge is 0.444 e. The summed E-state index contributed by atoms with van der Waals surface area (Å²) in [7, 11) is 0. The Hall–Kier alpha value is -4.72. The number of para-hydroxylation sites is 1. The molecule has 0 aliphatic carbocycles. The first kappa shape index (κ1) is 30.8. The number of halogens is 1. The summed E-state index contributed by atoms with van der Waals surface area (Å²) in [6.07, 6.45) is 10.7. The highest BCUT2D eigenvalue weighted by Gasteiger charge is 2.36. The van der Waals surface area contributed by atoms with Gasteiger partial charge >= 0.3 is 6.09 Å². The number of carbonyl (C=O) groups excluding carboxylic acids is 3. The Morgan fingerprint density at radius 3 is 2.20 bits per heavy atom. The number of alkyl carbamates (subject to hydrolysis) is 1. The Bertz CT molecular complexity index is 1460. The standard InChI is InChI=1S/C33H32ClN3O4/c1-7-23-17-19-25(20-18-23)29(30(38)36-28-22(3)13-12-16-26(28)34)37(8-2)31(39)27(21-24-14-10-9-11-15-24)35-32(40)41-33(4,5)6/h1-2,9-20,27,29H,21H2,3-6H3,(H,35,40)(H,36,38). The molecule has 41 heavy (non-hydrogen) atoms. The predicted molar refractivity (Wildman–Crippen MR) is 161 cm³/mol. The fourth-order valence-corrected chi connectivity index (χ4v) is 4.36. The lowest BCUT2D eigenvalue weighted by Crippen LogP contribution is -2.51. The minimum absolute atomic E-state index is 0.102. The van der Waals surface area contributed by atoms with Gasteiger partial charge in [-0.25, -0.2) is 4.79 Å². The summed E-state index contributed by atoms with van der Waals surface area (Å²) in [4.78, 5) is 41.7. The second-order valence-electron chi connectivity index (χ2n) is 10.3. The van der Waals surface area contributed by atoms with E-state index < -0.39 is 35.6 Å². The van der Waals surface area contributed by atoms with Crippen LogP contribution in [0.3, 0.4) is 0 Å². The van der Waals surface area contributed by atoms with E-state index in [-0.39, 0.29) is 6.42 Å². The van der Waals surface area contributed by atoms with Crippen LogP contribution >= 0.6 is 11.6 Å². The molecule has 0 fully saturated rings. The SMILES string of the molecule is C#Cc1ccc(C(C(=O)Nc2c(C)cccc2Cl)N(C#C)C(=O)C(Cc2ccccc2)NC(=O)OC(C)(C)C)cc1. The van der Waals surface area contributed by atoms with E-state index in [1.807, 2.05) is 30.3 Å². The van der Waals surface area contributed by atoms with E-state index in [4.69, 9.17) is 29.2 Å². The summed E-state index contributed by atoms with van der Waals surface area (Å²) in [5.74, 6) is 1.25. The fourth-order valence-electron chi connectivity index (χ4n) is 4.09. The lowest BCUT2D eigenvalue weighted by molar-refractivity contribution is -0.136. The molecule has 2 unspecified atom stereocenters. The van der Waals surface area contributed by atoms with Gasteiger partial charge < -0.3 is 15.4 Å². The molecular weight excluding hydrogens is 538 g/mol. The Labute approximate surface area is 246 Å². The molecular formula is C33H32ClN3O4. The van der Waals surface area contributed by atoms with Crippen molar-refractivity contribution in [3.8, 4) is 24.8 Å². The van der Waals surface area contributed by atoms with Crippen molar-refractivity contribution in [2.45, 2.75) is 51.8 Å². The first-order valence-electron chi connectivity index (χ1n) is 12.9. The van der Waals surface area contributed by atoms with Gasteiger partial charge in [0.25, 0.3) is 11.8 Å². The molecule has 0 saturated heterocycles. The molecule has 2 atom stereocenters. The molecule has 0 aromatic heterocycles. The molecule has 0 saturated carbocycles. The number of anilines is 1. The van der Waals surface area contributed by atoms with Crippen LogP contribution in [-0.2, 0) is 20.7 Å². The number of hydrogen-bond donors (Lipinski definition) is 2. The van der Waals surface area contributed by atoms with Crippen LogP contribution < -0.4 is 10.6 Å². The molecule has 0 aliphatic heterocycles. The Morgan fingerprint density at radius 1 is 0.976 bits per heavy atom. The number of terminal acetylenes is 2. The Balaban J connectivity index is 2.05. The van der Waals surface area contributed by atoms with Gasteiger partial charge in [-0.1, -0.05) is 78.5 Å². The predicted octanol–water partition coefficient (Wildman–Crippen LogP) is 5.86. The van der Waals surface area contributed by atoms with E-state index in [0.29, 0.717) is 21.8 Å². The summed E-state index contributed by atoms with van der Waals surface area (Å²) in [6.45, 7) is 6.94. The van der Waals surface area contributed by atoms with Crippen molar-refractivity contribution in [1.82, 2.24) is 10.2 Å². The highest BCUT2D eigenvalue weighted by atomic mass is 35.5. The average molecular weight is 570 g/mol. The molecule has 3 rings (SSSR count). The van der Waals surface area contributed by atoms with Crippen LogP contribution in [0.4, 0.5) is 10.5 Å². The molecule has 3 amide bonds. The monoisotopic (exact) mass is 569 g/mol. The highest BCUT2D eigenvalue weighted by Crippen LogP contribution is 2.29. The topological polar surface area (TPSA) is 87.7 Å². The van der Waals surface area contributed by atoms with Gasteiger partial charge in [-0.15, -0.1) is 6.42 Å². The van der Waals surface area contributed by atoms with Crippen LogP contribution in [0.2, 0.25) is 5.02 Å². The first-order chi connectivity index (χ1) is 19.4. The molecule has 3 aromatic carbocycles. The third-order valence-electron chi connectivity index (χ3n) is 6.02. The number of nitrogens with zero attached hydrogens (tertiary/aromatic N) is 1. The van der Waals surface area contributed by atoms with Crippen molar-refractivity contribution in [2.24, 2.45) is 0 Å². The normalized spacial score (nSPS) is 12.2. The van der Waals surface area contributed by atoms with E-state index in [1.54, 1.807) is 70.2 Å². The molecule has 0 spiro atoms. The maximum absolute atomic E-state index is 14.1. The van der Waals surface area contributed by atoms with E-state index in [9.17, 15) is 14.4 Å². The van der Waals surface area contributed by atoms with Crippen LogP contribution in [0.15, 0.2) is 72.8 Å². The minimum atomic E-state index is -1.28. The van der Waals surface area contributed by atoms with Gasteiger partial charge in [0.1, 0.15) is 17.7 Å². The third-order valence-corrected chi connectivity index (χ3v) is 6.33. The average Bonchev–Trinajstić information content (AvgIpc) is 2.92. The smallest absolute Gasteiger partial charge is 0.408 e. The molecule has 3 aromatic rings. The van der Waals surface area contributed by atoms with Crippen molar-refractivity contribution in [2.75, 3.05) is 5.32 Å². The number of aryl methyl sites for hydroxylation is 1. The quantitative estimate of drug-likeness (QED) is 0.262. The van der Waals surface area contributed by atoms with Gasteiger partial charge in [-0.3, -0.25) is 14.5 Å². The number of hydrogen-bond acceptors (Lipinski definition) is 4. The van der Waals surface area contributed by atoms with Crippen LogP contribution in [0.25, 0.3) is 0 Å². The minimum Gasteiger partial charge on any atom is -0.444 e. The van der Waals surface area contributed by atoms with Crippen LogP contribution in [0.1, 0.15) is 49.1 Å². The van der Waals surface area contributed by atoms with Crippen molar-refractivity contribution in [3.05, 3.63) is 100 Å². The lowest BCUT2D eigenvalue weighted by atomic mass is 9.99. The van der Waals surface area contributed by atoms with Crippen LogP contribution in [0.5, 0.6) is 0 Å². The summed E-state index contributed by atoms with van der Waals surface area (Å²) in [5.41, 5.74) is 2.07. The van der Waals surface area contributed by atoms with Crippen molar-refractivity contribution in [1.29, 1.82) is 0 Å². The Morgan fingerprint density at radius 2 is 1.63 bits per heavy atom. The van der Waals surface area contributed by atoms with Gasteiger partial charge in [-0.2, -0.15) is 0 Å². The van der Waals surface area contributed by atoms with Gasteiger partial charge in [0.05, 0.1) is 10.7 Å². The Kier molecular flexibility index (Phi) is 10.2. The zero-order valence-electron chi connectivity index (χ0n) is 23.4. The maximum Gasteiger partial charge on any atom is 0.408 e. The summed E-state index contributed by atoms with van der Waals surface area (Å²) >= 11 is 6.37. The van der Waals surface area contributed by atoms with E-state index in [0.717, 1.165) is 16.0 Å². The summed E-state index contributed by atoms with van der Waals surface area (Å²) in [6, 6.07) is 20.8. The van der Waals surface area contributed by atoms with Gasteiger partial charge in [0.15, 0.2) is 0 Å². The first-order valence-corrected chi connectivity index (χ1v) is 13.3. The molecule has 7 nitrogen and oxygen atoms in total. The van der Waals surface area contributed by atoms with Crippen LogP contribution in [-0.4, -0.2) is 34.5 Å². The second-order valence-corrected chi connectivity index (χ2v) is 10.7. The lowest BCUT2D eigenvalue weighted by Gasteiger charge is -2.30. The van der Waals surface area contributed by atoms with Crippen molar-refractivity contribution in [3.63, 3.8) is 0 Å². The number of benzene rings is 3. The molecule has 2 N–H and O–H groups in total. The van der Waals surface area contributed by atoms with Gasteiger partial charge in [0, 0.05) is 18.0 Å². The zero-order chi connectivity index (χ0) is 30.2. The highest BCUT2D eigenvalue weighted by molar-refractivity contribution is 6.34. The molecule has 0 bridgehead atoms. The van der Waals surface area contributed by atoms with Crippen molar-refractivity contribution >= 4 is 35.2 Å². The molecule has 0 heterocycles. The molecule has 8 heteroatoms. The number of carbonyl (C=O) groups is 3. The number of rotatable bonds is 8. The molecule has 0 aliphatic rings. The maximum atomic E-state index is 14.1. The second kappa shape index (κ2) is 13.6. The summed E-state index contributed by atoms with van der Waals surface area (Å²) in [5, 5.41) is 5.79. The summed E-state index contributed by atoms with van der Waals surface area (Å²) < 4.78 is 5.41. The molecule has 0 radical (unpaired) electrons.